The lowest BCUT2D eigenvalue weighted by atomic mass is 9.79. The minimum Gasteiger partial charge on any atom is -0.493 e. The van der Waals surface area contributed by atoms with Crippen LogP contribution in [0.1, 0.15) is 41.3 Å². The van der Waals surface area contributed by atoms with Crippen molar-refractivity contribution >= 4 is 17.4 Å². The van der Waals surface area contributed by atoms with Crippen LogP contribution in [-0.4, -0.2) is 32.6 Å². The fourth-order valence-corrected chi connectivity index (χ4v) is 4.26. The van der Waals surface area contributed by atoms with Gasteiger partial charge in [0.15, 0.2) is 17.3 Å². The van der Waals surface area contributed by atoms with Crippen LogP contribution in [0.3, 0.4) is 0 Å². The highest BCUT2D eigenvalue weighted by molar-refractivity contribution is 6.23. The highest BCUT2D eigenvalue weighted by atomic mass is 16.5. The van der Waals surface area contributed by atoms with Gasteiger partial charge in [-0.3, -0.25) is 4.79 Å². The number of dihydropyridines is 1. The maximum atomic E-state index is 13.5. The maximum absolute atomic E-state index is 13.5. The molecule has 30 heavy (non-hydrogen) atoms. The van der Waals surface area contributed by atoms with Gasteiger partial charge in [-0.15, -0.1) is 0 Å². The van der Waals surface area contributed by atoms with E-state index in [1.807, 2.05) is 37.3 Å². The number of benzene rings is 2. The quantitative estimate of drug-likeness (QED) is 0.762. The lowest BCUT2D eigenvalue weighted by Gasteiger charge is -2.30. The van der Waals surface area contributed by atoms with E-state index < -0.39 is 11.9 Å². The van der Waals surface area contributed by atoms with Gasteiger partial charge >= 0.3 is 5.97 Å². The van der Waals surface area contributed by atoms with Crippen LogP contribution < -0.4 is 14.8 Å². The minimum absolute atomic E-state index is 0.114. The van der Waals surface area contributed by atoms with Gasteiger partial charge in [0.1, 0.15) is 0 Å². The number of rotatable bonds is 5. The summed E-state index contributed by atoms with van der Waals surface area (Å²) < 4.78 is 16.5. The summed E-state index contributed by atoms with van der Waals surface area (Å²) in [6.07, 6.45) is 0. The lowest BCUT2D eigenvalue weighted by Crippen LogP contribution is -2.29. The van der Waals surface area contributed by atoms with Crippen molar-refractivity contribution in [3.05, 3.63) is 76.0 Å². The summed E-state index contributed by atoms with van der Waals surface area (Å²) in [6, 6.07) is 12.9. The van der Waals surface area contributed by atoms with Crippen LogP contribution in [0.2, 0.25) is 0 Å². The van der Waals surface area contributed by atoms with Gasteiger partial charge in [0, 0.05) is 28.0 Å². The van der Waals surface area contributed by atoms with Crippen LogP contribution in [0.15, 0.2) is 59.3 Å². The van der Waals surface area contributed by atoms with Crippen LogP contribution in [0.5, 0.6) is 11.5 Å². The molecule has 0 amide bonds. The first-order valence-electron chi connectivity index (χ1n) is 9.77. The predicted octanol–water partition coefficient (Wildman–Crippen LogP) is 3.84. The summed E-state index contributed by atoms with van der Waals surface area (Å²) in [7, 11) is 3.10. The molecule has 154 valence electrons. The molecule has 0 saturated carbocycles. The van der Waals surface area contributed by atoms with Gasteiger partial charge in [0.2, 0.25) is 0 Å². The Kier molecular flexibility index (Phi) is 5.08. The van der Waals surface area contributed by atoms with E-state index in [-0.39, 0.29) is 12.4 Å². The van der Waals surface area contributed by atoms with E-state index in [4.69, 9.17) is 14.2 Å². The van der Waals surface area contributed by atoms with Crippen molar-refractivity contribution in [2.45, 2.75) is 19.8 Å². The number of ketones is 1. The van der Waals surface area contributed by atoms with E-state index >= 15 is 0 Å². The molecule has 0 fully saturated rings. The molecule has 0 bridgehead atoms. The highest BCUT2D eigenvalue weighted by Crippen LogP contribution is 2.50. The second-order valence-corrected chi connectivity index (χ2v) is 7.06. The van der Waals surface area contributed by atoms with E-state index in [0.717, 1.165) is 11.3 Å². The molecule has 0 unspecified atom stereocenters. The van der Waals surface area contributed by atoms with Crippen LogP contribution in [-0.2, 0) is 9.53 Å². The van der Waals surface area contributed by atoms with Crippen LogP contribution in [0.25, 0.3) is 5.70 Å². The molecule has 4 rings (SSSR count). The normalized spacial score (nSPS) is 17.3. The summed E-state index contributed by atoms with van der Waals surface area (Å²) in [6.45, 7) is 3.81. The highest BCUT2D eigenvalue weighted by Gasteiger charge is 2.44. The third-order valence-electron chi connectivity index (χ3n) is 5.49. The Labute approximate surface area is 175 Å². The molecule has 6 nitrogen and oxygen atoms in total. The molecule has 0 spiro atoms. The van der Waals surface area contributed by atoms with E-state index in [9.17, 15) is 9.59 Å². The molecule has 1 aliphatic carbocycles. The Morgan fingerprint density at radius 2 is 1.77 bits per heavy atom. The van der Waals surface area contributed by atoms with Gasteiger partial charge < -0.3 is 19.5 Å². The van der Waals surface area contributed by atoms with Crippen molar-refractivity contribution in [1.29, 1.82) is 0 Å². The van der Waals surface area contributed by atoms with Crippen molar-refractivity contribution < 1.29 is 23.8 Å². The second kappa shape index (κ2) is 7.71. The number of carbonyl (C=O) groups excluding carboxylic acids is 2. The molecule has 1 atom stereocenters. The molecule has 1 heterocycles. The molecule has 2 aliphatic rings. The first-order chi connectivity index (χ1) is 14.5. The van der Waals surface area contributed by atoms with Gasteiger partial charge in [-0.1, -0.05) is 36.4 Å². The van der Waals surface area contributed by atoms with Gasteiger partial charge in [0.25, 0.3) is 0 Å². The number of esters is 1. The molecule has 0 saturated heterocycles. The standard InChI is InChI=1S/C24H23NO5/c1-5-30-24(27)18-13(2)25-21-14-9-6-7-10-15(14)22(26)20(21)19(18)16-11-8-12-17(28-3)23(16)29-4/h6-12,19,25H,5H2,1-4H3/t19-/m1/s1. The fourth-order valence-electron chi connectivity index (χ4n) is 4.26. The number of allylic oxidation sites excluding steroid dienone is 2. The van der Waals surface area contributed by atoms with E-state index in [2.05, 4.69) is 5.32 Å². The van der Waals surface area contributed by atoms with Crippen molar-refractivity contribution in [2.75, 3.05) is 20.8 Å². The van der Waals surface area contributed by atoms with Crippen molar-refractivity contribution in [3.8, 4) is 11.5 Å². The molecule has 1 aliphatic heterocycles. The molecule has 0 aromatic heterocycles. The molecule has 6 heteroatoms. The van der Waals surface area contributed by atoms with Crippen molar-refractivity contribution in [2.24, 2.45) is 0 Å². The maximum Gasteiger partial charge on any atom is 0.336 e. The van der Waals surface area contributed by atoms with Gasteiger partial charge in [-0.2, -0.15) is 0 Å². The summed E-state index contributed by atoms with van der Waals surface area (Å²) >= 11 is 0. The zero-order valence-corrected chi connectivity index (χ0v) is 17.4. The van der Waals surface area contributed by atoms with Crippen molar-refractivity contribution in [3.63, 3.8) is 0 Å². The molecule has 1 N–H and O–H groups in total. The molecule has 2 aromatic carbocycles. The first kappa shape index (κ1) is 19.8. The minimum atomic E-state index is -0.648. The van der Waals surface area contributed by atoms with Crippen LogP contribution in [0, 0.1) is 0 Å². The zero-order chi connectivity index (χ0) is 21.4. The average molecular weight is 405 g/mol. The number of carbonyl (C=O) groups is 2. The summed E-state index contributed by atoms with van der Waals surface area (Å²) in [5, 5.41) is 3.29. The third-order valence-corrected chi connectivity index (χ3v) is 5.49. The second-order valence-electron chi connectivity index (χ2n) is 7.06. The van der Waals surface area contributed by atoms with Crippen LogP contribution >= 0.6 is 0 Å². The van der Waals surface area contributed by atoms with E-state index in [0.29, 0.717) is 39.5 Å². The number of methoxy groups -OCH3 is 2. The smallest absolute Gasteiger partial charge is 0.336 e. The topological polar surface area (TPSA) is 73.9 Å². The lowest BCUT2D eigenvalue weighted by molar-refractivity contribution is -0.138. The largest absolute Gasteiger partial charge is 0.493 e. The van der Waals surface area contributed by atoms with Gasteiger partial charge in [0.05, 0.1) is 38.0 Å². The van der Waals surface area contributed by atoms with E-state index in [1.54, 1.807) is 33.3 Å². The SMILES string of the molecule is CCOC(=O)C1=C(C)NC2=C(C(=O)c3ccccc32)[C@@H]1c1cccc(OC)c1OC. The number of Topliss-reactive ketones (excluding diaryl/α,β-unsaturated/α-hetero) is 1. The Balaban J connectivity index is 1.99. The Hall–Kier alpha value is -3.54. The summed E-state index contributed by atoms with van der Waals surface area (Å²) in [5.41, 5.74) is 4.38. The van der Waals surface area contributed by atoms with Gasteiger partial charge in [-0.25, -0.2) is 4.79 Å². The predicted molar refractivity (Wildman–Crippen MR) is 112 cm³/mol. The summed E-state index contributed by atoms with van der Waals surface area (Å²) in [4.78, 5) is 26.4. The number of hydrogen-bond acceptors (Lipinski definition) is 6. The molecular weight excluding hydrogens is 382 g/mol. The molecule has 2 aromatic rings. The Bertz CT molecular complexity index is 1110. The van der Waals surface area contributed by atoms with E-state index in [1.165, 1.54) is 0 Å². The molecule has 0 radical (unpaired) electrons. The van der Waals surface area contributed by atoms with Gasteiger partial charge in [-0.05, 0) is 19.9 Å². The number of hydrogen-bond donors (Lipinski definition) is 1. The number of ether oxygens (including phenoxy) is 3. The number of para-hydroxylation sites is 1. The monoisotopic (exact) mass is 405 g/mol. The van der Waals surface area contributed by atoms with Crippen molar-refractivity contribution in [1.82, 2.24) is 5.32 Å². The molecular formula is C24H23NO5. The third kappa shape index (κ3) is 2.87. The number of fused-ring (bicyclic) bond motifs is 2. The average Bonchev–Trinajstić information content (AvgIpc) is 3.04. The fraction of sp³-hybridized carbons (Fsp3) is 0.250. The summed E-state index contributed by atoms with van der Waals surface area (Å²) in [5.74, 6) is -0.216. The Morgan fingerprint density at radius 1 is 1.03 bits per heavy atom. The first-order valence-corrected chi connectivity index (χ1v) is 9.77. The Morgan fingerprint density at radius 3 is 2.43 bits per heavy atom. The number of nitrogens with one attached hydrogen (secondary N) is 1. The van der Waals surface area contributed by atoms with Crippen LogP contribution in [0.4, 0.5) is 0 Å². The zero-order valence-electron chi connectivity index (χ0n) is 17.4.